The van der Waals surface area contributed by atoms with Crippen LogP contribution in [-0.4, -0.2) is 253 Å². The maximum absolute atomic E-state index is 10.1. The highest BCUT2D eigenvalue weighted by atomic mass is 35.5. The maximum atomic E-state index is 10.1. The van der Waals surface area contributed by atoms with E-state index in [1.54, 1.807) is 61.3 Å². The van der Waals surface area contributed by atoms with Gasteiger partial charge in [-0.3, -0.25) is 4.98 Å². The zero-order chi connectivity index (χ0) is 101. The van der Waals surface area contributed by atoms with Crippen molar-refractivity contribution in [1.82, 2.24) is 89.7 Å². The SMILES string of the molecule is C=Cc1cnc2c(N3CCOCC3)nc(-c3cccc(C)c3)nc2c1.CCc1ccc(-c2nc(N3CCOCC3)c3ncc(Cl)cc3n2)cc1.CCc1cccc(-c2nc(N3CCOCC3)c3ncc(Cl)cc3n2)c1.Cc1ccc(-c2nc(N3CCOCC3)c3ncc(Cl)cc3n2)cc1.Cc1cccc(-c2nc(N3CCOCC3)c3ncc(Cl)cc3n2)c1.Oc1ccccc1-c1nc(N2CCOCC2)c2ncc(Cl)cc2n1. The lowest BCUT2D eigenvalue weighted by molar-refractivity contribution is 0.122. The van der Waals surface area contributed by atoms with E-state index in [2.05, 4.69) is 193 Å². The lowest BCUT2D eigenvalue weighted by atomic mass is 10.1. The topological polar surface area (TPSA) is 327 Å². The number of hydrogen-bond acceptors (Lipinski definition) is 31. The predicted octanol–water partition coefficient (Wildman–Crippen LogP) is 20.8. The van der Waals surface area contributed by atoms with Crippen molar-refractivity contribution in [2.24, 2.45) is 0 Å². The third kappa shape index (κ3) is 24.9. The number of ether oxygens (including phenoxy) is 6. The molecule has 6 aliphatic heterocycles. The molecule has 748 valence electrons. The highest BCUT2D eigenvalue weighted by Crippen LogP contribution is 2.38. The maximum Gasteiger partial charge on any atom is 0.166 e. The second kappa shape index (κ2) is 48.0. The number of hydrogen-bond donors (Lipinski definition) is 1. The lowest BCUT2D eigenvalue weighted by Crippen LogP contribution is -2.37. The van der Waals surface area contributed by atoms with E-state index < -0.39 is 0 Å². The summed E-state index contributed by atoms with van der Waals surface area (Å²) in [5, 5.41) is 12.9. The standard InChI is InChI=1S/C20H20N4O.2C19H19ClN4O.2C18H17ClN4O.C17H15ClN4O2/c1-3-15-12-17-18(21-13-15)20(24-7-9-25-10-8-24)23-19(22-17)16-6-4-5-14(2)11-16;1-2-13-3-5-14(6-4-13)18-22-16-11-15(20)12-21-17(16)19(23-18)24-7-9-25-10-8-24;1-2-13-4-3-5-14(10-13)18-22-16-11-15(20)12-21-17(16)19(23-18)24-6-8-25-9-7-24;1-12-2-4-13(5-3-12)17-21-15-10-14(19)11-20-16(15)18(22-17)23-6-8-24-9-7-23;1-12-3-2-4-13(9-12)17-21-15-10-14(19)11-20-16(15)18(22-17)23-5-7-24-8-6-23;18-11-9-13-15(19-10-11)17(22-5-7-24-8-6-22)21-16(20-13)12-3-1-2-4-14(12)23/h3-6,11-13H,1,7-10H2,2H3;3-6,11-12H,2,7-10H2,1H3;3-5,10-12H,2,6-9H2,1H3;2-5,10-11H,6-9H2,1H3;2-4,9-11H,5-8H2,1H3;1-4,9-10,23H,5-8H2. The summed E-state index contributed by atoms with van der Waals surface area (Å²) in [6, 6.07) is 59.5. The van der Waals surface area contributed by atoms with Crippen molar-refractivity contribution in [2.75, 3.05) is 187 Å². The van der Waals surface area contributed by atoms with Crippen LogP contribution in [0.15, 0.2) is 226 Å². The van der Waals surface area contributed by atoms with Gasteiger partial charge in [0.2, 0.25) is 0 Å². The fraction of sp³-hybridized carbons (Fsp3) is 0.279. The Bertz CT molecular complexity index is 7730. The van der Waals surface area contributed by atoms with Crippen LogP contribution in [-0.2, 0) is 41.3 Å². The molecule has 18 heterocycles. The molecule has 0 unspecified atom stereocenters. The molecule has 0 amide bonds. The molecular weight excluding hydrogens is 1960 g/mol. The number of anilines is 6. The largest absolute Gasteiger partial charge is 0.507 e. The van der Waals surface area contributed by atoms with Crippen LogP contribution in [0, 0.1) is 20.8 Å². The van der Waals surface area contributed by atoms with Crippen LogP contribution in [0.4, 0.5) is 34.9 Å². The summed E-state index contributed by atoms with van der Waals surface area (Å²) in [6.07, 6.45) is 13.8. The van der Waals surface area contributed by atoms with E-state index in [-0.39, 0.29) is 5.75 Å². The Morgan fingerprint density at radius 2 is 0.544 bits per heavy atom. The average Bonchev–Trinajstić information content (AvgIpc) is 0.802. The first-order chi connectivity index (χ1) is 71.9. The minimum absolute atomic E-state index is 0.139. The molecule has 1 N–H and O–H groups in total. The Morgan fingerprint density at radius 3 is 0.850 bits per heavy atom. The number of pyridine rings is 6. The van der Waals surface area contributed by atoms with Gasteiger partial charge in [0.15, 0.2) is 69.9 Å². The van der Waals surface area contributed by atoms with E-state index in [0.717, 1.165) is 221 Å². The van der Waals surface area contributed by atoms with Crippen molar-refractivity contribution < 1.29 is 33.5 Å². The van der Waals surface area contributed by atoms with Crippen molar-refractivity contribution in [3.8, 4) is 74.1 Å². The number of aromatic nitrogens is 18. The molecule has 0 bridgehead atoms. The van der Waals surface area contributed by atoms with Gasteiger partial charge in [-0.15, -0.1) is 0 Å². The number of phenols is 1. The molecule has 147 heavy (non-hydrogen) atoms. The van der Waals surface area contributed by atoms with Crippen LogP contribution in [0.1, 0.15) is 47.2 Å². The number of fused-ring (bicyclic) bond motifs is 6. The summed E-state index contributed by atoms with van der Waals surface area (Å²) in [6.45, 7) is 32.0. The molecule has 6 aromatic carbocycles. The van der Waals surface area contributed by atoms with Gasteiger partial charge in [-0.05, 0) is 117 Å². The molecule has 6 saturated heterocycles. The van der Waals surface area contributed by atoms with Crippen LogP contribution in [0.3, 0.4) is 0 Å². The fourth-order valence-electron chi connectivity index (χ4n) is 17.5. The molecule has 24 rings (SSSR count). The second-order valence-corrected chi connectivity index (χ2v) is 37.7. The van der Waals surface area contributed by atoms with Crippen molar-refractivity contribution in [3.63, 3.8) is 0 Å². The average molecular weight is 2070 g/mol. The number of nitrogens with zero attached hydrogens (tertiary/aromatic N) is 24. The second-order valence-electron chi connectivity index (χ2n) is 35.5. The normalized spacial score (nSPS) is 14.9. The summed E-state index contributed by atoms with van der Waals surface area (Å²) >= 11 is 30.6. The Hall–Kier alpha value is -14.2. The first-order valence-electron chi connectivity index (χ1n) is 49.0. The smallest absolute Gasteiger partial charge is 0.166 e. The third-order valence-electron chi connectivity index (χ3n) is 25.3. The first-order valence-corrected chi connectivity index (χ1v) is 50.9. The molecule has 6 fully saturated rings. The summed E-state index contributed by atoms with van der Waals surface area (Å²) in [5.74, 6) is 9.08. The molecular formula is C111H107Cl5N24O7. The van der Waals surface area contributed by atoms with E-state index in [4.69, 9.17) is 126 Å². The van der Waals surface area contributed by atoms with Gasteiger partial charge in [0.25, 0.3) is 0 Å². The van der Waals surface area contributed by atoms with E-state index >= 15 is 0 Å². The van der Waals surface area contributed by atoms with Gasteiger partial charge in [0, 0.05) is 144 Å². The van der Waals surface area contributed by atoms with Crippen LogP contribution >= 0.6 is 58.0 Å². The first kappa shape index (κ1) is 101. The van der Waals surface area contributed by atoms with Gasteiger partial charge in [-0.25, -0.2) is 84.7 Å². The highest BCUT2D eigenvalue weighted by Gasteiger charge is 2.28. The number of phenolic OH excluding ortho intramolecular Hbond substituents is 1. The van der Waals surface area contributed by atoms with Gasteiger partial charge < -0.3 is 62.9 Å². The molecule has 0 saturated carbocycles. The molecule has 36 heteroatoms. The van der Waals surface area contributed by atoms with Gasteiger partial charge in [-0.1, -0.05) is 216 Å². The Kier molecular flexibility index (Phi) is 33.1. The van der Waals surface area contributed by atoms with Crippen molar-refractivity contribution in [2.45, 2.75) is 47.5 Å². The van der Waals surface area contributed by atoms with Gasteiger partial charge in [-0.2, -0.15) is 0 Å². The Morgan fingerprint density at radius 1 is 0.272 bits per heavy atom. The minimum atomic E-state index is 0.139. The van der Waals surface area contributed by atoms with Crippen LogP contribution in [0.25, 0.3) is 141 Å². The van der Waals surface area contributed by atoms with Crippen molar-refractivity contribution >= 4 is 165 Å². The number of aryl methyl sites for hydroxylation is 5. The zero-order valence-electron chi connectivity index (χ0n) is 82.0. The molecule has 0 spiro atoms. The molecule has 0 atom stereocenters. The molecule has 31 nitrogen and oxygen atoms in total. The number of para-hydroxylation sites is 1. The number of benzene rings is 6. The molecule has 0 aliphatic carbocycles. The fourth-order valence-corrected chi connectivity index (χ4v) is 18.3. The quantitative estimate of drug-likeness (QED) is 0.0996. The highest BCUT2D eigenvalue weighted by molar-refractivity contribution is 6.32. The summed E-state index contributed by atoms with van der Waals surface area (Å²) in [7, 11) is 0. The summed E-state index contributed by atoms with van der Waals surface area (Å²) < 4.78 is 32.7. The van der Waals surface area contributed by atoms with E-state index in [9.17, 15) is 5.11 Å². The van der Waals surface area contributed by atoms with Crippen molar-refractivity contribution in [1.29, 1.82) is 0 Å². The molecule has 18 aromatic rings. The number of aromatic hydroxyl groups is 1. The van der Waals surface area contributed by atoms with Crippen LogP contribution in [0.5, 0.6) is 5.75 Å². The van der Waals surface area contributed by atoms with Crippen molar-refractivity contribution in [3.05, 3.63) is 284 Å². The third-order valence-corrected chi connectivity index (χ3v) is 26.3. The zero-order valence-corrected chi connectivity index (χ0v) is 85.8. The number of morpholine rings is 6. The van der Waals surface area contributed by atoms with E-state index in [0.29, 0.717) is 150 Å². The minimum Gasteiger partial charge on any atom is -0.507 e. The van der Waals surface area contributed by atoms with E-state index in [1.165, 1.54) is 27.8 Å². The number of halogens is 5. The molecule has 6 aliphatic rings. The molecule has 12 aromatic heterocycles. The Balaban J connectivity index is 0.000000111. The predicted molar refractivity (Wildman–Crippen MR) is 585 cm³/mol. The van der Waals surface area contributed by atoms with Crippen LogP contribution < -0.4 is 29.4 Å². The number of rotatable bonds is 15. The summed E-state index contributed by atoms with van der Waals surface area (Å²) in [5.41, 5.74) is 21.8. The lowest BCUT2D eigenvalue weighted by Gasteiger charge is -2.28. The van der Waals surface area contributed by atoms with Gasteiger partial charge in [0.1, 0.15) is 38.8 Å². The molecule has 0 radical (unpaired) electrons. The van der Waals surface area contributed by atoms with Crippen LogP contribution in [0.2, 0.25) is 25.1 Å². The summed E-state index contributed by atoms with van der Waals surface area (Å²) in [4.78, 5) is 97.0. The monoisotopic (exact) mass is 2060 g/mol. The van der Waals surface area contributed by atoms with Gasteiger partial charge in [0.05, 0.1) is 143 Å². The Labute approximate surface area is 875 Å². The van der Waals surface area contributed by atoms with E-state index in [1.807, 2.05) is 91.1 Å². The van der Waals surface area contributed by atoms with Gasteiger partial charge >= 0.3 is 0 Å².